The van der Waals surface area contributed by atoms with Gasteiger partial charge in [-0.2, -0.15) is 0 Å². The Morgan fingerprint density at radius 2 is 1.55 bits per heavy atom. The van der Waals surface area contributed by atoms with E-state index in [0.717, 1.165) is 25.7 Å². The molecule has 1 aromatic carbocycles. The van der Waals surface area contributed by atoms with Gasteiger partial charge >= 0.3 is 5.97 Å². The number of aliphatic carboxylic acids is 1. The Labute approximate surface area is 177 Å². The summed E-state index contributed by atoms with van der Waals surface area (Å²) in [6, 6.07) is 8.39. The van der Waals surface area contributed by atoms with E-state index >= 15 is 0 Å². The Bertz CT molecular complexity index is 934. The van der Waals surface area contributed by atoms with E-state index < -0.39 is 17.8 Å². The molecule has 3 N–H and O–H groups in total. The van der Waals surface area contributed by atoms with Gasteiger partial charge in [-0.1, -0.05) is 11.6 Å². The summed E-state index contributed by atoms with van der Waals surface area (Å²) in [6.07, 6.45) is 3.53. The molecule has 8 heteroatoms. The number of carboxylic acids is 1. The van der Waals surface area contributed by atoms with Crippen LogP contribution in [0.4, 0.5) is 10.7 Å². The number of carbonyl (C=O) groups is 3. The zero-order valence-corrected chi connectivity index (χ0v) is 17.1. The molecular formula is C21H21ClN2O4S. The van der Waals surface area contributed by atoms with Gasteiger partial charge in [0.15, 0.2) is 0 Å². The standard InChI is InChI=1S/C21H21ClN2O4S/c22-13-5-7-14(8-6-13)23-18(25)15-9-10-29-20(15)24-19(26)16-11-1-3-12(4-2-11)17(16)21(27)28/h5-12,16-17H,1-4H2,(H,23,25)(H,24,26)(H,27,28)/t11?,12?,16-,17-/m1/s1. The minimum absolute atomic E-state index is 0.0595. The van der Waals surface area contributed by atoms with Crippen molar-refractivity contribution < 1.29 is 19.5 Å². The third kappa shape index (κ3) is 4.02. The van der Waals surface area contributed by atoms with E-state index in [0.29, 0.717) is 21.3 Å². The van der Waals surface area contributed by atoms with E-state index in [9.17, 15) is 19.5 Å². The van der Waals surface area contributed by atoms with Gasteiger partial charge < -0.3 is 15.7 Å². The molecule has 6 nitrogen and oxygen atoms in total. The van der Waals surface area contributed by atoms with Gasteiger partial charge in [0.05, 0.1) is 17.4 Å². The molecule has 29 heavy (non-hydrogen) atoms. The summed E-state index contributed by atoms with van der Waals surface area (Å²) in [5.74, 6) is -2.58. The van der Waals surface area contributed by atoms with Gasteiger partial charge in [0.1, 0.15) is 5.00 Å². The molecule has 5 rings (SSSR count). The van der Waals surface area contributed by atoms with Crippen LogP contribution in [-0.4, -0.2) is 22.9 Å². The Morgan fingerprint density at radius 3 is 2.17 bits per heavy atom. The summed E-state index contributed by atoms with van der Waals surface area (Å²) in [5, 5.41) is 18.0. The molecule has 2 aromatic rings. The zero-order valence-electron chi connectivity index (χ0n) is 15.6. The summed E-state index contributed by atoms with van der Waals surface area (Å²) >= 11 is 7.12. The van der Waals surface area contributed by atoms with E-state index in [1.807, 2.05) is 0 Å². The minimum Gasteiger partial charge on any atom is -0.481 e. The number of benzene rings is 1. The molecule has 3 fully saturated rings. The number of rotatable bonds is 5. The van der Waals surface area contributed by atoms with Crippen LogP contribution in [0.25, 0.3) is 0 Å². The van der Waals surface area contributed by atoms with Crippen LogP contribution in [-0.2, 0) is 9.59 Å². The quantitative estimate of drug-likeness (QED) is 0.636. The van der Waals surface area contributed by atoms with Gasteiger partial charge in [0.25, 0.3) is 5.91 Å². The third-order valence-corrected chi connectivity index (χ3v) is 7.14. The molecule has 2 atom stereocenters. The van der Waals surface area contributed by atoms with Gasteiger partial charge in [0, 0.05) is 10.7 Å². The van der Waals surface area contributed by atoms with Crippen molar-refractivity contribution in [3.63, 3.8) is 0 Å². The lowest BCUT2D eigenvalue weighted by Crippen LogP contribution is -2.49. The molecule has 152 valence electrons. The summed E-state index contributed by atoms with van der Waals surface area (Å²) in [6.45, 7) is 0. The van der Waals surface area contributed by atoms with Crippen molar-refractivity contribution in [3.05, 3.63) is 46.3 Å². The number of hydrogen-bond acceptors (Lipinski definition) is 4. The third-order valence-electron chi connectivity index (χ3n) is 6.06. The maximum absolute atomic E-state index is 13.0. The number of halogens is 1. The van der Waals surface area contributed by atoms with E-state index in [1.165, 1.54) is 11.3 Å². The van der Waals surface area contributed by atoms with Crippen LogP contribution >= 0.6 is 22.9 Å². The predicted octanol–water partition coefficient (Wildman–Crippen LogP) is 4.73. The Morgan fingerprint density at radius 1 is 0.931 bits per heavy atom. The molecule has 1 aromatic heterocycles. The summed E-state index contributed by atoms with van der Waals surface area (Å²) in [5.41, 5.74) is 0.949. The lowest BCUT2D eigenvalue weighted by Gasteiger charge is -2.45. The maximum Gasteiger partial charge on any atom is 0.307 e. The lowest BCUT2D eigenvalue weighted by molar-refractivity contribution is -0.156. The molecule has 2 bridgehead atoms. The highest BCUT2D eigenvalue weighted by Crippen LogP contribution is 2.49. The second kappa shape index (κ2) is 8.16. The fourth-order valence-electron chi connectivity index (χ4n) is 4.69. The van der Waals surface area contributed by atoms with Crippen LogP contribution in [0.15, 0.2) is 35.7 Å². The first-order valence-corrected chi connectivity index (χ1v) is 10.9. The van der Waals surface area contributed by atoms with Gasteiger partial charge in [0.2, 0.25) is 5.91 Å². The van der Waals surface area contributed by atoms with E-state index in [-0.39, 0.29) is 23.7 Å². The Balaban J connectivity index is 1.49. The first kappa shape index (κ1) is 19.9. The largest absolute Gasteiger partial charge is 0.481 e. The van der Waals surface area contributed by atoms with Crippen molar-refractivity contribution >= 4 is 51.4 Å². The number of hydrogen-bond donors (Lipinski definition) is 3. The first-order valence-electron chi connectivity index (χ1n) is 9.62. The van der Waals surface area contributed by atoms with Gasteiger partial charge in [-0.25, -0.2) is 0 Å². The molecule has 3 aliphatic rings. The minimum atomic E-state index is -0.897. The number of amides is 2. The van der Waals surface area contributed by atoms with Gasteiger partial charge in [-0.05, 0) is 73.2 Å². The van der Waals surface area contributed by atoms with Crippen LogP contribution in [0.5, 0.6) is 0 Å². The molecule has 3 aliphatic carbocycles. The highest BCUT2D eigenvalue weighted by atomic mass is 35.5. The number of carbonyl (C=O) groups excluding carboxylic acids is 2. The number of thiophene rings is 1. The fraction of sp³-hybridized carbons (Fsp3) is 0.381. The smallest absolute Gasteiger partial charge is 0.307 e. The zero-order chi connectivity index (χ0) is 20.5. The van der Waals surface area contributed by atoms with Crippen molar-refractivity contribution in [2.45, 2.75) is 25.7 Å². The molecule has 0 aliphatic heterocycles. The Hall–Kier alpha value is -2.38. The monoisotopic (exact) mass is 432 g/mol. The molecule has 0 saturated heterocycles. The summed E-state index contributed by atoms with van der Waals surface area (Å²) in [4.78, 5) is 37.5. The average molecular weight is 433 g/mol. The van der Waals surface area contributed by atoms with Crippen LogP contribution in [0.3, 0.4) is 0 Å². The molecule has 3 saturated carbocycles. The average Bonchev–Trinajstić information content (AvgIpc) is 3.18. The van der Waals surface area contributed by atoms with Crippen LogP contribution < -0.4 is 10.6 Å². The molecule has 2 amide bonds. The van der Waals surface area contributed by atoms with Crippen LogP contribution in [0, 0.1) is 23.7 Å². The van der Waals surface area contributed by atoms with Crippen molar-refractivity contribution in [3.8, 4) is 0 Å². The molecule has 0 unspecified atom stereocenters. The topological polar surface area (TPSA) is 95.5 Å². The van der Waals surface area contributed by atoms with Crippen LogP contribution in [0.2, 0.25) is 5.02 Å². The number of carboxylic acid groups (broad SMARTS) is 1. The second-order valence-electron chi connectivity index (χ2n) is 7.68. The van der Waals surface area contributed by atoms with Gasteiger partial charge in [-0.3, -0.25) is 14.4 Å². The van der Waals surface area contributed by atoms with Gasteiger partial charge in [-0.15, -0.1) is 11.3 Å². The highest BCUT2D eigenvalue weighted by Gasteiger charge is 2.50. The van der Waals surface area contributed by atoms with Crippen molar-refractivity contribution in [1.82, 2.24) is 0 Å². The van der Waals surface area contributed by atoms with E-state index in [2.05, 4.69) is 10.6 Å². The molecule has 0 radical (unpaired) electrons. The first-order chi connectivity index (χ1) is 13.9. The highest BCUT2D eigenvalue weighted by molar-refractivity contribution is 7.14. The SMILES string of the molecule is O=C(Nc1ccc(Cl)cc1)c1ccsc1NC(=O)[C@@H]1C2CCC(CC2)[C@H]1C(=O)O. The lowest BCUT2D eigenvalue weighted by atomic mass is 9.58. The second-order valence-corrected chi connectivity index (χ2v) is 9.03. The maximum atomic E-state index is 13.0. The summed E-state index contributed by atoms with van der Waals surface area (Å²) in [7, 11) is 0. The number of fused-ring (bicyclic) bond motifs is 3. The number of anilines is 2. The normalized spacial score (nSPS) is 25.4. The van der Waals surface area contributed by atoms with Crippen LogP contribution in [0.1, 0.15) is 36.0 Å². The van der Waals surface area contributed by atoms with Crippen molar-refractivity contribution in [1.29, 1.82) is 0 Å². The summed E-state index contributed by atoms with van der Waals surface area (Å²) < 4.78 is 0. The predicted molar refractivity (Wildman–Crippen MR) is 112 cm³/mol. The molecule has 1 heterocycles. The van der Waals surface area contributed by atoms with E-state index in [4.69, 9.17) is 11.6 Å². The van der Waals surface area contributed by atoms with Crippen molar-refractivity contribution in [2.24, 2.45) is 23.7 Å². The number of nitrogens with one attached hydrogen (secondary N) is 2. The molecule has 0 spiro atoms. The van der Waals surface area contributed by atoms with Crippen molar-refractivity contribution in [2.75, 3.05) is 10.6 Å². The Kier molecular flexibility index (Phi) is 5.61. The fourth-order valence-corrected chi connectivity index (χ4v) is 5.61. The van der Waals surface area contributed by atoms with E-state index in [1.54, 1.807) is 35.7 Å². The molecular weight excluding hydrogens is 412 g/mol.